The molecule has 2 aromatic rings. The highest BCUT2D eigenvalue weighted by Gasteiger charge is 2.14. The number of aromatic carboxylic acids is 1. The van der Waals surface area contributed by atoms with E-state index in [4.69, 9.17) is 14.6 Å². The fraction of sp³-hybridized carbons (Fsp3) is 0.176. The molecule has 1 amide bonds. The number of rotatable bonds is 6. The Balaban J connectivity index is 2.05. The monoisotopic (exact) mass is 315 g/mol. The SMILES string of the molecule is COc1ccc(C(=O)O)c(OCC(=O)Nc2cccc(C)c2)c1. The van der Waals surface area contributed by atoms with Crippen molar-refractivity contribution in [2.45, 2.75) is 6.92 Å². The van der Waals surface area contributed by atoms with Gasteiger partial charge in [0, 0.05) is 11.8 Å². The maximum atomic E-state index is 11.9. The van der Waals surface area contributed by atoms with Crippen LogP contribution in [-0.4, -0.2) is 30.7 Å². The molecule has 0 aliphatic heterocycles. The molecule has 0 aliphatic carbocycles. The Morgan fingerprint density at radius 3 is 2.61 bits per heavy atom. The molecule has 0 heterocycles. The Hall–Kier alpha value is -3.02. The summed E-state index contributed by atoms with van der Waals surface area (Å²) in [6.45, 7) is 1.61. The molecule has 0 aromatic heterocycles. The number of carbonyl (C=O) groups excluding carboxylic acids is 1. The third-order valence-corrected chi connectivity index (χ3v) is 3.08. The largest absolute Gasteiger partial charge is 0.497 e. The molecule has 2 aromatic carbocycles. The van der Waals surface area contributed by atoms with E-state index in [0.29, 0.717) is 11.4 Å². The summed E-state index contributed by atoms with van der Waals surface area (Å²) in [6.07, 6.45) is 0. The Kier molecular flexibility index (Phi) is 5.19. The van der Waals surface area contributed by atoms with Crippen molar-refractivity contribution in [3.8, 4) is 11.5 Å². The second-order valence-corrected chi connectivity index (χ2v) is 4.87. The van der Waals surface area contributed by atoms with Crippen LogP contribution in [0.1, 0.15) is 15.9 Å². The second-order valence-electron chi connectivity index (χ2n) is 4.87. The fourth-order valence-electron chi connectivity index (χ4n) is 1.99. The summed E-state index contributed by atoms with van der Waals surface area (Å²) in [6, 6.07) is 11.7. The molecule has 2 N–H and O–H groups in total. The minimum Gasteiger partial charge on any atom is -0.497 e. The summed E-state index contributed by atoms with van der Waals surface area (Å²) < 4.78 is 10.4. The number of amides is 1. The molecule has 23 heavy (non-hydrogen) atoms. The molecule has 0 saturated carbocycles. The number of carbonyl (C=O) groups is 2. The molecule has 0 bridgehead atoms. The van der Waals surface area contributed by atoms with Crippen molar-refractivity contribution < 1.29 is 24.2 Å². The summed E-state index contributed by atoms with van der Waals surface area (Å²) in [5, 5.41) is 11.8. The molecule has 0 aliphatic rings. The summed E-state index contributed by atoms with van der Waals surface area (Å²) in [5.74, 6) is -0.989. The van der Waals surface area contributed by atoms with Gasteiger partial charge in [0.15, 0.2) is 6.61 Å². The van der Waals surface area contributed by atoms with Gasteiger partial charge < -0.3 is 19.9 Å². The third kappa shape index (κ3) is 4.47. The molecule has 0 radical (unpaired) electrons. The van der Waals surface area contributed by atoms with Crippen molar-refractivity contribution in [3.05, 3.63) is 53.6 Å². The van der Waals surface area contributed by atoms with Crippen LogP contribution < -0.4 is 14.8 Å². The lowest BCUT2D eigenvalue weighted by Crippen LogP contribution is -2.21. The highest BCUT2D eigenvalue weighted by molar-refractivity contribution is 5.93. The number of aryl methyl sites for hydroxylation is 1. The van der Waals surface area contributed by atoms with Crippen molar-refractivity contribution in [1.29, 1.82) is 0 Å². The minimum atomic E-state index is -1.14. The number of hydrogen-bond donors (Lipinski definition) is 2. The van der Waals surface area contributed by atoms with Crippen molar-refractivity contribution in [2.75, 3.05) is 19.0 Å². The Labute approximate surface area is 133 Å². The topological polar surface area (TPSA) is 84.9 Å². The number of benzene rings is 2. The first-order valence-electron chi connectivity index (χ1n) is 6.90. The summed E-state index contributed by atoms with van der Waals surface area (Å²) in [7, 11) is 1.46. The van der Waals surface area contributed by atoms with Gasteiger partial charge in [-0.15, -0.1) is 0 Å². The first kappa shape index (κ1) is 16.4. The van der Waals surface area contributed by atoms with Gasteiger partial charge in [-0.1, -0.05) is 12.1 Å². The van der Waals surface area contributed by atoms with Gasteiger partial charge >= 0.3 is 5.97 Å². The maximum absolute atomic E-state index is 11.9. The van der Waals surface area contributed by atoms with Gasteiger partial charge in [-0.2, -0.15) is 0 Å². The minimum absolute atomic E-state index is 0.0332. The van der Waals surface area contributed by atoms with Crippen LogP contribution in [0.2, 0.25) is 0 Å². The predicted octanol–water partition coefficient (Wildman–Crippen LogP) is 2.72. The lowest BCUT2D eigenvalue weighted by molar-refractivity contribution is -0.118. The van der Waals surface area contributed by atoms with E-state index in [2.05, 4.69) is 5.32 Å². The van der Waals surface area contributed by atoms with E-state index in [-0.39, 0.29) is 23.8 Å². The molecular formula is C17H17NO5. The molecule has 0 fully saturated rings. The highest BCUT2D eigenvalue weighted by atomic mass is 16.5. The van der Waals surface area contributed by atoms with E-state index < -0.39 is 5.97 Å². The first-order chi connectivity index (χ1) is 11.0. The van der Waals surface area contributed by atoms with Gasteiger partial charge in [0.1, 0.15) is 17.1 Å². The van der Waals surface area contributed by atoms with Crippen LogP contribution in [-0.2, 0) is 4.79 Å². The molecule has 120 valence electrons. The zero-order valence-electron chi connectivity index (χ0n) is 12.8. The summed E-state index contributed by atoms with van der Waals surface area (Å²) in [5.41, 5.74) is 1.64. The molecular weight excluding hydrogens is 298 g/mol. The van der Waals surface area contributed by atoms with E-state index in [0.717, 1.165) is 5.56 Å². The van der Waals surface area contributed by atoms with Crippen LogP contribution in [0.3, 0.4) is 0 Å². The summed E-state index contributed by atoms with van der Waals surface area (Å²) in [4.78, 5) is 23.1. The quantitative estimate of drug-likeness (QED) is 0.856. The van der Waals surface area contributed by atoms with Crippen LogP contribution >= 0.6 is 0 Å². The molecule has 0 unspecified atom stereocenters. The number of ether oxygens (including phenoxy) is 2. The van der Waals surface area contributed by atoms with Gasteiger partial charge in [-0.3, -0.25) is 4.79 Å². The molecule has 6 heteroatoms. The van der Waals surface area contributed by atoms with Gasteiger partial charge in [0.2, 0.25) is 0 Å². The van der Waals surface area contributed by atoms with E-state index in [1.807, 2.05) is 25.1 Å². The lowest BCUT2D eigenvalue weighted by Gasteiger charge is -2.11. The number of nitrogens with one attached hydrogen (secondary N) is 1. The van der Waals surface area contributed by atoms with Crippen LogP contribution in [0.25, 0.3) is 0 Å². The van der Waals surface area contributed by atoms with Crippen LogP contribution in [0.5, 0.6) is 11.5 Å². The van der Waals surface area contributed by atoms with Gasteiger partial charge in [-0.05, 0) is 36.8 Å². The Morgan fingerprint density at radius 2 is 1.96 bits per heavy atom. The number of hydrogen-bond acceptors (Lipinski definition) is 4. The Morgan fingerprint density at radius 1 is 1.17 bits per heavy atom. The van der Waals surface area contributed by atoms with E-state index in [9.17, 15) is 9.59 Å². The second kappa shape index (κ2) is 7.31. The molecule has 0 saturated heterocycles. The van der Waals surface area contributed by atoms with Crippen molar-refractivity contribution in [2.24, 2.45) is 0 Å². The number of carboxylic acid groups (broad SMARTS) is 1. The van der Waals surface area contributed by atoms with Crippen LogP contribution in [0.4, 0.5) is 5.69 Å². The molecule has 2 rings (SSSR count). The van der Waals surface area contributed by atoms with Gasteiger partial charge in [-0.25, -0.2) is 4.79 Å². The highest BCUT2D eigenvalue weighted by Crippen LogP contribution is 2.25. The summed E-state index contributed by atoms with van der Waals surface area (Å²) >= 11 is 0. The van der Waals surface area contributed by atoms with Gasteiger partial charge in [0.25, 0.3) is 5.91 Å². The zero-order chi connectivity index (χ0) is 16.8. The maximum Gasteiger partial charge on any atom is 0.339 e. The zero-order valence-corrected chi connectivity index (χ0v) is 12.8. The molecule has 6 nitrogen and oxygen atoms in total. The number of anilines is 1. The lowest BCUT2D eigenvalue weighted by atomic mass is 10.2. The van der Waals surface area contributed by atoms with E-state index >= 15 is 0 Å². The molecule has 0 spiro atoms. The van der Waals surface area contributed by atoms with Crippen molar-refractivity contribution in [3.63, 3.8) is 0 Å². The molecule has 0 atom stereocenters. The van der Waals surface area contributed by atoms with Crippen LogP contribution in [0.15, 0.2) is 42.5 Å². The van der Waals surface area contributed by atoms with Crippen molar-refractivity contribution >= 4 is 17.6 Å². The standard InChI is InChI=1S/C17H17NO5/c1-11-4-3-5-12(8-11)18-16(19)10-23-15-9-13(22-2)6-7-14(15)17(20)21/h3-9H,10H2,1-2H3,(H,18,19)(H,20,21). The predicted molar refractivity (Wildman–Crippen MR) is 85.3 cm³/mol. The van der Waals surface area contributed by atoms with Crippen LogP contribution in [0, 0.1) is 6.92 Å². The van der Waals surface area contributed by atoms with E-state index in [1.54, 1.807) is 6.07 Å². The third-order valence-electron chi connectivity index (χ3n) is 3.08. The smallest absolute Gasteiger partial charge is 0.339 e. The fourth-order valence-corrected chi connectivity index (χ4v) is 1.99. The van der Waals surface area contributed by atoms with Crippen molar-refractivity contribution in [1.82, 2.24) is 0 Å². The average Bonchev–Trinajstić information content (AvgIpc) is 2.52. The van der Waals surface area contributed by atoms with Gasteiger partial charge in [0.05, 0.1) is 7.11 Å². The number of carboxylic acids is 1. The van der Waals surface area contributed by atoms with E-state index in [1.165, 1.54) is 25.3 Å². The Bertz CT molecular complexity index is 727. The average molecular weight is 315 g/mol. The normalized spacial score (nSPS) is 10.0. The number of methoxy groups -OCH3 is 1. The first-order valence-corrected chi connectivity index (χ1v) is 6.90.